The van der Waals surface area contributed by atoms with Crippen LogP contribution < -0.4 is 20.7 Å². The van der Waals surface area contributed by atoms with Gasteiger partial charge in [-0.2, -0.15) is 5.10 Å². The molecule has 4 aromatic rings. The average Bonchev–Trinajstić information content (AvgIpc) is 3.38. The van der Waals surface area contributed by atoms with E-state index in [-0.39, 0.29) is 12.1 Å². The van der Waals surface area contributed by atoms with Gasteiger partial charge in [-0.3, -0.25) is 19.3 Å². The molecule has 0 spiro atoms. The van der Waals surface area contributed by atoms with Gasteiger partial charge in [0.25, 0.3) is 5.56 Å². The molecule has 11 nitrogen and oxygen atoms in total. The maximum absolute atomic E-state index is 12.7. The van der Waals surface area contributed by atoms with Crippen molar-refractivity contribution in [3.05, 3.63) is 64.3 Å². The molecule has 0 aliphatic carbocycles. The minimum absolute atomic E-state index is 0.0252. The lowest BCUT2D eigenvalue weighted by molar-refractivity contribution is -0.135. The number of benzene rings is 1. The number of carboxylic acids is 1. The summed E-state index contributed by atoms with van der Waals surface area (Å²) in [6, 6.07) is 8.01. The quantitative estimate of drug-likeness (QED) is 0.327. The van der Waals surface area contributed by atoms with Crippen LogP contribution in [0, 0.1) is 13.8 Å². The summed E-state index contributed by atoms with van der Waals surface area (Å²) in [4.78, 5) is 33.2. The maximum Gasteiger partial charge on any atom is 0.323 e. The summed E-state index contributed by atoms with van der Waals surface area (Å²) >= 11 is 0. The van der Waals surface area contributed by atoms with Crippen molar-refractivity contribution in [1.82, 2.24) is 19.3 Å². The van der Waals surface area contributed by atoms with Gasteiger partial charge < -0.3 is 29.5 Å². The standard InChI is InChI=1S/C29H35N7O4/c1-19-11-23-25(12-22(35-7-9-40-10-8-35)13-27(23)34(4)29(19)39)30-5-6-36(18-28(37)38)26-14-24(31-15-20(26)2)21-16-32-33(3)17-21/h11-17,30H,5-10,18H2,1-4H3,(H,37,38). The molecule has 1 aliphatic heterocycles. The number of anilines is 3. The number of carbonyl (C=O) groups is 1. The van der Waals surface area contributed by atoms with Gasteiger partial charge in [-0.05, 0) is 43.7 Å². The highest BCUT2D eigenvalue weighted by molar-refractivity contribution is 5.95. The molecule has 0 amide bonds. The van der Waals surface area contributed by atoms with Crippen LogP contribution >= 0.6 is 0 Å². The number of hydrogen-bond acceptors (Lipinski definition) is 8. The van der Waals surface area contributed by atoms with Crippen LogP contribution in [-0.4, -0.2) is 76.3 Å². The Morgan fingerprint density at radius 2 is 1.88 bits per heavy atom. The fourth-order valence-corrected chi connectivity index (χ4v) is 5.19. The second-order valence-corrected chi connectivity index (χ2v) is 10.2. The Balaban J connectivity index is 1.45. The normalized spacial score (nSPS) is 13.6. The third-order valence-electron chi connectivity index (χ3n) is 7.32. The largest absolute Gasteiger partial charge is 0.480 e. The van der Waals surface area contributed by atoms with E-state index in [9.17, 15) is 14.7 Å². The fourth-order valence-electron chi connectivity index (χ4n) is 5.19. The Kier molecular flexibility index (Phi) is 7.74. The summed E-state index contributed by atoms with van der Waals surface area (Å²) in [5, 5.41) is 18.4. The van der Waals surface area contributed by atoms with E-state index in [1.807, 2.05) is 44.1 Å². The second-order valence-electron chi connectivity index (χ2n) is 10.2. The first-order chi connectivity index (χ1) is 19.2. The average molecular weight is 546 g/mol. The highest BCUT2D eigenvalue weighted by Gasteiger charge is 2.18. The van der Waals surface area contributed by atoms with E-state index in [2.05, 4.69) is 32.4 Å². The minimum Gasteiger partial charge on any atom is -0.480 e. The molecule has 0 atom stereocenters. The zero-order chi connectivity index (χ0) is 28.4. The van der Waals surface area contributed by atoms with Gasteiger partial charge in [0, 0.05) is 86.2 Å². The number of fused-ring (bicyclic) bond motifs is 1. The summed E-state index contributed by atoms with van der Waals surface area (Å²) in [5.74, 6) is -0.912. The van der Waals surface area contributed by atoms with Crippen LogP contribution in [0.2, 0.25) is 0 Å². The molecule has 0 saturated carbocycles. The highest BCUT2D eigenvalue weighted by atomic mass is 16.5. The summed E-state index contributed by atoms with van der Waals surface area (Å²) in [5.41, 5.74) is 6.70. The monoisotopic (exact) mass is 545 g/mol. The molecule has 40 heavy (non-hydrogen) atoms. The number of morpholine rings is 1. The van der Waals surface area contributed by atoms with Crippen molar-refractivity contribution in [2.75, 3.05) is 61.1 Å². The van der Waals surface area contributed by atoms with Crippen molar-refractivity contribution in [3.63, 3.8) is 0 Å². The fraction of sp³-hybridized carbons (Fsp3) is 0.379. The molecule has 210 valence electrons. The molecule has 1 aliphatic rings. The van der Waals surface area contributed by atoms with E-state index >= 15 is 0 Å². The molecule has 1 saturated heterocycles. The van der Waals surface area contributed by atoms with Crippen molar-refractivity contribution in [2.45, 2.75) is 13.8 Å². The van der Waals surface area contributed by atoms with Crippen LogP contribution in [0.15, 0.2) is 47.7 Å². The Hall–Kier alpha value is -4.38. The molecule has 5 rings (SSSR count). The van der Waals surface area contributed by atoms with Crippen LogP contribution in [0.3, 0.4) is 0 Å². The number of hydrogen-bond donors (Lipinski definition) is 2. The molecule has 0 bridgehead atoms. The van der Waals surface area contributed by atoms with Gasteiger partial charge in [-0.15, -0.1) is 0 Å². The Morgan fingerprint density at radius 3 is 2.58 bits per heavy atom. The van der Waals surface area contributed by atoms with Gasteiger partial charge >= 0.3 is 5.97 Å². The number of aliphatic carboxylic acids is 1. The number of nitrogens with zero attached hydrogens (tertiary/aromatic N) is 6. The molecular formula is C29H35N7O4. The third kappa shape index (κ3) is 5.64. The van der Waals surface area contributed by atoms with Gasteiger partial charge in [-0.25, -0.2) is 0 Å². The van der Waals surface area contributed by atoms with E-state index in [0.29, 0.717) is 31.9 Å². The molecule has 2 N–H and O–H groups in total. The molecule has 11 heteroatoms. The van der Waals surface area contributed by atoms with Crippen molar-refractivity contribution in [2.24, 2.45) is 14.1 Å². The van der Waals surface area contributed by atoms with Crippen molar-refractivity contribution in [1.29, 1.82) is 0 Å². The van der Waals surface area contributed by atoms with Crippen molar-refractivity contribution < 1.29 is 14.6 Å². The van der Waals surface area contributed by atoms with Gasteiger partial charge in [0.15, 0.2) is 0 Å². The lowest BCUT2D eigenvalue weighted by Crippen LogP contribution is -2.36. The zero-order valence-corrected chi connectivity index (χ0v) is 23.3. The smallest absolute Gasteiger partial charge is 0.323 e. The van der Waals surface area contributed by atoms with E-state index in [1.54, 1.807) is 28.7 Å². The number of aromatic nitrogens is 4. The number of nitrogens with one attached hydrogen (secondary N) is 1. The van der Waals surface area contributed by atoms with Crippen LogP contribution in [-0.2, 0) is 23.6 Å². The predicted molar refractivity (Wildman–Crippen MR) is 156 cm³/mol. The molecule has 0 radical (unpaired) electrons. The van der Waals surface area contributed by atoms with Gasteiger partial charge in [0.2, 0.25) is 0 Å². The molecule has 0 unspecified atom stereocenters. The molecule has 1 aromatic carbocycles. The van der Waals surface area contributed by atoms with E-state index < -0.39 is 5.97 Å². The Labute approximate surface area is 232 Å². The van der Waals surface area contributed by atoms with Crippen LogP contribution in [0.1, 0.15) is 11.1 Å². The van der Waals surface area contributed by atoms with Gasteiger partial charge in [0.05, 0.1) is 30.6 Å². The van der Waals surface area contributed by atoms with E-state index in [0.717, 1.165) is 57.9 Å². The second kappa shape index (κ2) is 11.4. The Morgan fingerprint density at radius 1 is 1.10 bits per heavy atom. The molecular weight excluding hydrogens is 510 g/mol. The lowest BCUT2D eigenvalue weighted by Gasteiger charge is -2.30. The predicted octanol–water partition coefficient (Wildman–Crippen LogP) is 2.79. The van der Waals surface area contributed by atoms with Crippen molar-refractivity contribution >= 4 is 33.9 Å². The number of aryl methyl sites for hydroxylation is 4. The molecule has 1 fully saturated rings. The number of pyridine rings is 2. The first-order valence-electron chi connectivity index (χ1n) is 13.3. The van der Waals surface area contributed by atoms with E-state index in [1.165, 1.54) is 0 Å². The molecule has 4 heterocycles. The third-order valence-corrected chi connectivity index (χ3v) is 7.32. The summed E-state index contributed by atoms with van der Waals surface area (Å²) in [6.07, 6.45) is 5.39. The first-order valence-corrected chi connectivity index (χ1v) is 13.3. The number of rotatable bonds is 9. The number of carboxylic acid groups (broad SMARTS) is 1. The van der Waals surface area contributed by atoms with Crippen LogP contribution in [0.4, 0.5) is 17.1 Å². The Bertz CT molecular complexity index is 1600. The maximum atomic E-state index is 12.7. The summed E-state index contributed by atoms with van der Waals surface area (Å²) in [6.45, 7) is 7.39. The van der Waals surface area contributed by atoms with Crippen molar-refractivity contribution in [3.8, 4) is 11.3 Å². The minimum atomic E-state index is -0.912. The lowest BCUT2D eigenvalue weighted by atomic mass is 10.1. The topological polar surface area (TPSA) is 118 Å². The van der Waals surface area contributed by atoms with Crippen LogP contribution in [0.5, 0.6) is 0 Å². The molecule has 3 aromatic heterocycles. The first kappa shape index (κ1) is 27.2. The summed E-state index contributed by atoms with van der Waals surface area (Å²) < 4.78 is 8.94. The highest BCUT2D eigenvalue weighted by Crippen LogP contribution is 2.31. The van der Waals surface area contributed by atoms with Gasteiger partial charge in [-0.1, -0.05) is 0 Å². The van der Waals surface area contributed by atoms with Crippen LogP contribution in [0.25, 0.3) is 22.2 Å². The number of ether oxygens (including phenoxy) is 1. The van der Waals surface area contributed by atoms with E-state index in [4.69, 9.17) is 4.74 Å². The van der Waals surface area contributed by atoms with Gasteiger partial charge in [0.1, 0.15) is 6.54 Å². The SMILES string of the molecule is Cc1cnc(-c2cnn(C)c2)cc1N(CCNc1cc(N2CCOCC2)cc2c1cc(C)c(=O)n2C)CC(=O)O. The summed E-state index contributed by atoms with van der Waals surface area (Å²) in [7, 11) is 3.64. The zero-order valence-electron chi connectivity index (χ0n) is 23.3.